The average molecular weight is 255 g/mol. The lowest BCUT2D eigenvalue weighted by molar-refractivity contribution is 0.467. The van der Waals surface area contributed by atoms with Gasteiger partial charge in [0.15, 0.2) is 0 Å². The molecule has 1 atom stereocenters. The SMILES string of the molecule is Cc1cc(NC(C)c2ccc(C)o2)c(C#N)c(C)n1. The van der Waals surface area contributed by atoms with E-state index >= 15 is 0 Å². The van der Waals surface area contributed by atoms with Crippen LogP contribution in [-0.2, 0) is 0 Å². The van der Waals surface area contributed by atoms with Crippen LogP contribution in [0.5, 0.6) is 0 Å². The lowest BCUT2D eigenvalue weighted by Gasteiger charge is -2.15. The monoisotopic (exact) mass is 255 g/mol. The standard InChI is InChI=1S/C15H17N3O/c1-9-7-14(13(8-16)11(3)17-9)18-12(4)15-6-5-10(2)19-15/h5-7,12H,1-4H3,(H,17,18). The molecule has 0 radical (unpaired) electrons. The van der Waals surface area contributed by atoms with E-state index < -0.39 is 0 Å². The van der Waals surface area contributed by atoms with Crippen LogP contribution in [0, 0.1) is 32.1 Å². The number of nitrogens with zero attached hydrogens (tertiary/aromatic N) is 2. The van der Waals surface area contributed by atoms with E-state index in [1.807, 2.05) is 45.9 Å². The van der Waals surface area contributed by atoms with Crippen molar-refractivity contribution in [1.29, 1.82) is 5.26 Å². The summed E-state index contributed by atoms with van der Waals surface area (Å²) in [4.78, 5) is 4.30. The van der Waals surface area contributed by atoms with Gasteiger partial charge in [0.2, 0.25) is 0 Å². The Hall–Kier alpha value is -2.28. The summed E-state index contributed by atoms with van der Waals surface area (Å²) in [6.07, 6.45) is 0. The highest BCUT2D eigenvalue weighted by Gasteiger charge is 2.13. The molecular formula is C15H17N3O. The van der Waals surface area contributed by atoms with Gasteiger partial charge in [0.05, 0.1) is 23.0 Å². The molecule has 2 aromatic heterocycles. The number of aryl methyl sites for hydroxylation is 3. The summed E-state index contributed by atoms with van der Waals surface area (Å²) in [6, 6.07) is 7.96. The second-order valence-electron chi connectivity index (χ2n) is 4.70. The minimum Gasteiger partial charge on any atom is -0.464 e. The molecule has 98 valence electrons. The molecule has 0 saturated carbocycles. The Morgan fingerprint density at radius 2 is 2.05 bits per heavy atom. The van der Waals surface area contributed by atoms with E-state index in [2.05, 4.69) is 16.4 Å². The molecule has 2 heterocycles. The van der Waals surface area contributed by atoms with Crippen molar-refractivity contribution in [1.82, 2.24) is 4.98 Å². The van der Waals surface area contributed by atoms with Gasteiger partial charge in [0.1, 0.15) is 17.6 Å². The van der Waals surface area contributed by atoms with E-state index in [9.17, 15) is 5.26 Å². The van der Waals surface area contributed by atoms with Crippen molar-refractivity contribution in [2.75, 3.05) is 5.32 Å². The number of aromatic nitrogens is 1. The fraction of sp³-hybridized carbons (Fsp3) is 0.333. The zero-order chi connectivity index (χ0) is 14.0. The second-order valence-corrected chi connectivity index (χ2v) is 4.70. The molecular weight excluding hydrogens is 238 g/mol. The third-order valence-corrected chi connectivity index (χ3v) is 3.00. The Morgan fingerprint density at radius 1 is 1.32 bits per heavy atom. The molecule has 2 rings (SSSR count). The fourth-order valence-corrected chi connectivity index (χ4v) is 2.07. The average Bonchev–Trinajstić information content (AvgIpc) is 2.75. The molecule has 1 N–H and O–H groups in total. The van der Waals surface area contributed by atoms with Gasteiger partial charge >= 0.3 is 0 Å². The fourth-order valence-electron chi connectivity index (χ4n) is 2.07. The molecule has 4 heteroatoms. The van der Waals surface area contributed by atoms with Crippen LogP contribution in [0.1, 0.15) is 41.4 Å². The summed E-state index contributed by atoms with van der Waals surface area (Å²) >= 11 is 0. The van der Waals surface area contributed by atoms with Crippen LogP contribution < -0.4 is 5.32 Å². The van der Waals surface area contributed by atoms with Gasteiger partial charge in [-0.05, 0) is 45.9 Å². The molecule has 0 fully saturated rings. The first-order valence-corrected chi connectivity index (χ1v) is 6.22. The van der Waals surface area contributed by atoms with Crippen LogP contribution in [0.4, 0.5) is 5.69 Å². The lowest BCUT2D eigenvalue weighted by Crippen LogP contribution is -2.08. The van der Waals surface area contributed by atoms with Crippen LogP contribution in [-0.4, -0.2) is 4.98 Å². The van der Waals surface area contributed by atoms with Crippen LogP contribution in [0.3, 0.4) is 0 Å². The maximum Gasteiger partial charge on any atom is 0.126 e. The molecule has 0 aliphatic carbocycles. The number of anilines is 1. The Bertz CT molecular complexity index is 637. The molecule has 1 unspecified atom stereocenters. The van der Waals surface area contributed by atoms with Gasteiger partial charge in [0, 0.05) is 5.69 Å². The molecule has 0 aliphatic rings. The quantitative estimate of drug-likeness (QED) is 0.909. The van der Waals surface area contributed by atoms with E-state index in [1.54, 1.807) is 0 Å². The topological polar surface area (TPSA) is 61.9 Å². The minimum atomic E-state index is 0.00185. The zero-order valence-electron chi connectivity index (χ0n) is 11.6. The highest BCUT2D eigenvalue weighted by Crippen LogP contribution is 2.25. The van der Waals surface area contributed by atoms with Crippen molar-refractivity contribution < 1.29 is 4.42 Å². The normalized spacial score (nSPS) is 11.9. The number of nitrogens with one attached hydrogen (secondary N) is 1. The molecule has 0 bridgehead atoms. The highest BCUT2D eigenvalue weighted by atomic mass is 16.3. The van der Waals surface area contributed by atoms with E-state index in [0.717, 1.165) is 28.6 Å². The molecule has 19 heavy (non-hydrogen) atoms. The summed E-state index contributed by atoms with van der Waals surface area (Å²) in [5.41, 5.74) is 3.02. The summed E-state index contributed by atoms with van der Waals surface area (Å²) in [5.74, 6) is 1.74. The van der Waals surface area contributed by atoms with Crippen LogP contribution in [0.25, 0.3) is 0 Å². The molecule has 0 saturated heterocycles. The summed E-state index contributed by atoms with van der Waals surface area (Å²) in [7, 11) is 0. The summed E-state index contributed by atoms with van der Waals surface area (Å²) in [5, 5.41) is 12.5. The largest absolute Gasteiger partial charge is 0.464 e. The van der Waals surface area contributed by atoms with Gasteiger partial charge in [-0.1, -0.05) is 0 Å². The van der Waals surface area contributed by atoms with E-state index in [0.29, 0.717) is 5.56 Å². The third-order valence-electron chi connectivity index (χ3n) is 3.00. The van der Waals surface area contributed by atoms with E-state index in [1.165, 1.54) is 0 Å². The maximum absolute atomic E-state index is 9.22. The molecule has 2 aromatic rings. The first-order valence-electron chi connectivity index (χ1n) is 6.22. The molecule has 0 aliphatic heterocycles. The van der Waals surface area contributed by atoms with Crippen molar-refractivity contribution in [2.24, 2.45) is 0 Å². The van der Waals surface area contributed by atoms with Gasteiger partial charge in [0.25, 0.3) is 0 Å². The second kappa shape index (κ2) is 5.15. The van der Waals surface area contributed by atoms with Crippen molar-refractivity contribution in [3.8, 4) is 6.07 Å². The summed E-state index contributed by atoms with van der Waals surface area (Å²) < 4.78 is 5.59. The van der Waals surface area contributed by atoms with Gasteiger partial charge < -0.3 is 9.73 Å². The van der Waals surface area contributed by atoms with Gasteiger partial charge in [-0.15, -0.1) is 0 Å². The van der Waals surface area contributed by atoms with Crippen LogP contribution in [0.2, 0.25) is 0 Å². The predicted octanol–water partition coefficient (Wildman–Crippen LogP) is 3.64. The molecule has 0 amide bonds. The van der Waals surface area contributed by atoms with Gasteiger partial charge in [-0.2, -0.15) is 5.26 Å². The van der Waals surface area contributed by atoms with Crippen molar-refractivity contribution in [2.45, 2.75) is 33.7 Å². The minimum absolute atomic E-state index is 0.00185. The third kappa shape index (κ3) is 2.76. The lowest BCUT2D eigenvalue weighted by atomic mass is 10.1. The number of hydrogen-bond donors (Lipinski definition) is 1. The van der Waals surface area contributed by atoms with Crippen molar-refractivity contribution >= 4 is 5.69 Å². The number of furan rings is 1. The predicted molar refractivity (Wildman–Crippen MR) is 73.9 cm³/mol. The Kier molecular flexibility index (Phi) is 3.57. The van der Waals surface area contributed by atoms with Gasteiger partial charge in [-0.25, -0.2) is 0 Å². The molecule has 0 aromatic carbocycles. The first-order chi connectivity index (χ1) is 9.01. The Balaban J connectivity index is 2.31. The first kappa shape index (κ1) is 13.2. The van der Waals surface area contributed by atoms with Gasteiger partial charge in [-0.3, -0.25) is 4.98 Å². The summed E-state index contributed by atoms with van der Waals surface area (Å²) in [6.45, 7) is 7.68. The maximum atomic E-state index is 9.22. The van der Waals surface area contributed by atoms with Crippen molar-refractivity contribution in [3.05, 3.63) is 46.7 Å². The number of hydrogen-bond acceptors (Lipinski definition) is 4. The highest BCUT2D eigenvalue weighted by molar-refractivity contribution is 5.60. The Morgan fingerprint density at radius 3 is 2.63 bits per heavy atom. The number of nitriles is 1. The molecule has 0 spiro atoms. The Labute approximate surface area is 113 Å². The van der Waals surface area contributed by atoms with Crippen molar-refractivity contribution in [3.63, 3.8) is 0 Å². The van der Waals surface area contributed by atoms with Crippen LogP contribution in [0.15, 0.2) is 22.6 Å². The molecule has 4 nitrogen and oxygen atoms in total. The van der Waals surface area contributed by atoms with Crippen LogP contribution >= 0.6 is 0 Å². The van der Waals surface area contributed by atoms with E-state index in [4.69, 9.17) is 4.42 Å². The zero-order valence-corrected chi connectivity index (χ0v) is 11.6. The number of rotatable bonds is 3. The smallest absolute Gasteiger partial charge is 0.126 e. The van der Waals surface area contributed by atoms with E-state index in [-0.39, 0.29) is 6.04 Å². The number of pyridine rings is 1.